The van der Waals surface area contributed by atoms with Crippen molar-refractivity contribution in [2.45, 2.75) is 66.5 Å². The standard InChI is InChI=1S/C28H35N2O6/c1-9-34-25(31)22-17(3)29-18(4)23(26(32)35-10-2)24(22)20-13-11-12-14-21(20)36-16-19-15-27(5,6)30(33)28(19,7)8/h11-15H,9-10,16H2,1-8H3. The Morgan fingerprint density at radius 3 is 1.92 bits per heavy atom. The van der Waals surface area contributed by atoms with Gasteiger partial charge in [0.15, 0.2) is 0 Å². The van der Waals surface area contributed by atoms with E-state index in [0.29, 0.717) is 28.3 Å². The summed E-state index contributed by atoms with van der Waals surface area (Å²) >= 11 is 0. The zero-order valence-electron chi connectivity index (χ0n) is 22.4. The van der Waals surface area contributed by atoms with Gasteiger partial charge in [-0.2, -0.15) is 0 Å². The summed E-state index contributed by atoms with van der Waals surface area (Å²) in [6.45, 7) is 14.8. The number of nitrogens with zero attached hydrogens (tertiary/aromatic N) is 2. The molecule has 1 radical (unpaired) electrons. The summed E-state index contributed by atoms with van der Waals surface area (Å²) < 4.78 is 16.9. The van der Waals surface area contributed by atoms with Crippen LogP contribution in [0.3, 0.4) is 0 Å². The minimum absolute atomic E-state index is 0.165. The average molecular weight is 496 g/mol. The van der Waals surface area contributed by atoms with Crippen molar-refractivity contribution in [1.29, 1.82) is 0 Å². The summed E-state index contributed by atoms with van der Waals surface area (Å²) in [5, 5.41) is 13.9. The second kappa shape index (κ2) is 10.4. The number of pyridine rings is 1. The van der Waals surface area contributed by atoms with Gasteiger partial charge in [-0.15, -0.1) is 10.3 Å². The quantitative estimate of drug-likeness (QED) is 0.365. The van der Waals surface area contributed by atoms with E-state index in [1.54, 1.807) is 45.9 Å². The lowest BCUT2D eigenvalue weighted by Gasteiger charge is -2.33. The summed E-state index contributed by atoms with van der Waals surface area (Å²) in [5.41, 5.74) is 1.59. The van der Waals surface area contributed by atoms with Crippen LogP contribution in [0.15, 0.2) is 35.9 Å². The van der Waals surface area contributed by atoms with E-state index < -0.39 is 23.0 Å². The maximum atomic E-state index is 13.1. The second-order valence-corrected chi connectivity index (χ2v) is 9.81. The Bertz CT molecular complexity index is 1160. The molecule has 0 aliphatic carbocycles. The molecule has 0 saturated carbocycles. The maximum Gasteiger partial charge on any atom is 0.340 e. The molecule has 1 aliphatic rings. The van der Waals surface area contributed by atoms with Gasteiger partial charge in [0.2, 0.25) is 0 Å². The fourth-order valence-electron chi connectivity index (χ4n) is 4.71. The van der Waals surface area contributed by atoms with Gasteiger partial charge in [0.25, 0.3) is 0 Å². The molecule has 8 heteroatoms. The number of hydrogen-bond donors (Lipinski definition) is 0. The van der Waals surface area contributed by atoms with E-state index in [1.807, 2.05) is 39.8 Å². The van der Waals surface area contributed by atoms with Crippen LogP contribution in [-0.4, -0.2) is 52.9 Å². The Hall–Kier alpha value is -3.23. The molecule has 1 aromatic carbocycles. The number of carbonyl (C=O) groups is 2. The van der Waals surface area contributed by atoms with Gasteiger partial charge in [-0.3, -0.25) is 4.98 Å². The number of hydrogen-bond acceptors (Lipinski definition) is 7. The molecule has 3 rings (SSSR count). The molecule has 2 aromatic rings. The first-order valence-corrected chi connectivity index (χ1v) is 12.1. The smallest absolute Gasteiger partial charge is 0.340 e. The Morgan fingerprint density at radius 1 is 0.917 bits per heavy atom. The van der Waals surface area contributed by atoms with E-state index in [2.05, 4.69) is 4.98 Å². The number of hydroxylamine groups is 2. The van der Waals surface area contributed by atoms with Gasteiger partial charge in [0.05, 0.1) is 46.8 Å². The number of ether oxygens (including phenoxy) is 3. The fourth-order valence-corrected chi connectivity index (χ4v) is 4.71. The van der Waals surface area contributed by atoms with E-state index in [9.17, 15) is 14.8 Å². The predicted molar refractivity (Wildman–Crippen MR) is 135 cm³/mol. The molecule has 0 amide bonds. The van der Waals surface area contributed by atoms with Crippen molar-refractivity contribution in [3.05, 3.63) is 58.4 Å². The number of esters is 2. The third-order valence-corrected chi connectivity index (χ3v) is 6.40. The largest absolute Gasteiger partial charge is 0.489 e. The van der Waals surface area contributed by atoms with Gasteiger partial charge in [-0.1, -0.05) is 24.3 Å². The molecule has 0 atom stereocenters. The van der Waals surface area contributed by atoms with Crippen molar-refractivity contribution in [3.63, 3.8) is 0 Å². The van der Waals surface area contributed by atoms with Crippen LogP contribution in [0.25, 0.3) is 11.1 Å². The SMILES string of the molecule is CCOC(=O)c1c(C)nc(C)c(C(=O)OCC)c1-c1ccccc1OCC1=CC(C)(C)N([O])C1(C)C. The minimum Gasteiger partial charge on any atom is -0.489 e. The third-order valence-electron chi connectivity index (χ3n) is 6.40. The Labute approximate surface area is 212 Å². The molecule has 1 aromatic heterocycles. The first-order chi connectivity index (χ1) is 16.9. The van der Waals surface area contributed by atoms with Crippen molar-refractivity contribution < 1.29 is 29.0 Å². The zero-order chi connectivity index (χ0) is 26.8. The molecular formula is C28H35N2O6. The molecule has 193 valence electrons. The highest BCUT2D eigenvalue weighted by Gasteiger charge is 2.46. The summed E-state index contributed by atoms with van der Waals surface area (Å²) in [7, 11) is 0. The molecule has 36 heavy (non-hydrogen) atoms. The minimum atomic E-state index is -0.742. The average Bonchev–Trinajstić information content (AvgIpc) is 2.96. The van der Waals surface area contributed by atoms with Gasteiger partial charge in [-0.05, 0) is 67.0 Å². The molecule has 0 N–H and O–H groups in total. The monoisotopic (exact) mass is 495 g/mol. The van der Waals surface area contributed by atoms with Crippen LogP contribution in [0.1, 0.15) is 73.6 Å². The third kappa shape index (κ3) is 5.01. The number of aromatic nitrogens is 1. The summed E-state index contributed by atoms with van der Waals surface area (Å²) in [5.74, 6) is -0.708. The Kier molecular flexibility index (Phi) is 7.91. The summed E-state index contributed by atoms with van der Waals surface area (Å²) in [6, 6.07) is 7.17. The maximum absolute atomic E-state index is 13.1. The van der Waals surface area contributed by atoms with E-state index in [0.717, 1.165) is 10.6 Å². The van der Waals surface area contributed by atoms with E-state index >= 15 is 0 Å². The number of rotatable bonds is 8. The van der Waals surface area contributed by atoms with Gasteiger partial charge in [-0.25, -0.2) is 9.59 Å². The van der Waals surface area contributed by atoms with Crippen molar-refractivity contribution in [3.8, 4) is 16.9 Å². The van der Waals surface area contributed by atoms with Crippen LogP contribution in [0, 0.1) is 13.8 Å². The molecule has 1 aliphatic heterocycles. The highest BCUT2D eigenvalue weighted by molar-refractivity contribution is 6.08. The highest BCUT2D eigenvalue weighted by Crippen LogP contribution is 2.41. The molecule has 0 fully saturated rings. The van der Waals surface area contributed by atoms with Crippen molar-refractivity contribution in [1.82, 2.24) is 10.0 Å². The Morgan fingerprint density at radius 2 is 1.44 bits per heavy atom. The van der Waals surface area contributed by atoms with Crippen molar-refractivity contribution in [2.24, 2.45) is 0 Å². The summed E-state index contributed by atoms with van der Waals surface area (Å²) in [4.78, 5) is 30.6. The second-order valence-electron chi connectivity index (χ2n) is 9.81. The van der Waals surface area contributed by atoms with Crippen molar-refractivity contribution >= 4 is 11.9 Å². The fraction of sp³-hybridized carbons (Fsp3) is 0.464. The number of aryl methyl sites for hydroxylation is 2. The lowest BCUT2D eigenvalue weighted by molar-refractivity contribution is -0.239. The van der Waals surface area contributed by atoms with Crippen LogP contribution < -0.4 is 4.74 Å². The summed E-state index contributed by atoms with van der Waals surface area (Å²) in [6.07, 6.45) is 1.93. The first-order valence-electron chi connectivity index (χ1n) is 12.1. The van der Waals surface area contributed by atoms with E-state index in [1.165, 1.54) is 0 Å². The van der Waals surface area contributed by atoms with Gasteiger partial charge in [0, 0.05) is 11.1 Å². The Balaban J connectivity index is 2.18. The molecule has 0 saturated heterocycles. The van der Waals surface area contributed by atoms with Gasteiger partial charge in [0.1, 0.15) is 12.4 Å². The van der Waals surface area contributed by atoms with Crippen LogP contribution in [0.5, 0.6) is 5.75 Å². The molecular weight excluding hydrogens is 460 g/mol. The van der Waals surface area contributed by atoms with Crippen LogP contribution in [0.2, 0.25) is 0 Å². The predicted octanol–water partition coefficient (Wildman–Crippen LogP) is 5.24. The zero-order valence-corrected chi connectivity index (χ0v) is 22.4. The van der Waals surface area contributed by atoms with E-state index in [4.69, 9.17) is 14.2 Å². The molecule has 8 nitrogen and oxygen atoms in total. The molecule has 0 spiro atoms. The van der Waals surface area contributed by atoms with E-state index in [-0.39, 0.29) is 30.9 Å². The molecule has 0 unspecified atom stereocenters. The molecule has 0 bridgehead atoms. The lowest BCUT2D eigenvalue weighted by Crippen LogP contribution is -2.47. The van der Waals surface area contributed by atoms with Crippen LogP contribution in [0.4, 0.5) is 0 Å². The first kappa shape index (κ1) is 27.4. The van der Waals surface area contributed by atoms with Crippen molar-refractivity contribution in [2.75, 3.05) is 19.8 Å². The van der Waals surface area contributed by atoms with Crippen LogP contribution >= 0.6 is 0 Å². The topological polar surface area (TPSA) is 97.9 Å². The van der Waals surface area contributed by atoms with Crippen LogP contribution in [-0.2, 0) is 14.7 Å². The normalized spacial score (nSPS) is 16.4. The molecule has 2 heterocycles. The lowest BCUT2D eigenvalue weighted by atomic mass is 9.91. The highest BCUT2D eigenvalue weighted by atomic mass is 16.5. The number of benzene rings is 1. The van der Waals surface area contributed by atoms with Gasteiger partial charge >= 0.3 is 11.9 Å². The van der Waals surface area contributed by atoms with Gasteiger partial charge < -0.3 is 14.2 Å². The number of carbonyl (C=O) groups excluding carboxylic acids is 2. The number of para-hydroxylation sites is 1.